The zero-order chi connectivity index (χ0) is 20.8. The van der Waals surface area contributed by atoms with Crippen LogP contribution < -0.4 is 0 Å². The fraction of sp³-hybridized carbons (Fsp3) is 0.750. The maximum atomic E-state index is 6.48. The van der Waals surface area contributed by atoms with Crippen molar-refractivity contribution in [1.82, 2.24) is 9.80 Å². The van der Waals surface area contributed by atoms with Gasteiger partial charge in [0.1, 0.15) is 0 Å². The summed E-state index contributed by atoms with van der Waals surface area (Å²) in [7, 11) is 7.53. The van der Waals surface area contributed by atoms with Gasteiger partial charge in [0, 0.05) is 6.61 Å². The van der Waals surface area contributed by atoms with E-state index in [9.17, 15) is 0 Å². The van der Waals surface area contributed by atoms with Gasteiger partial charge < -0.3 is 14.2 Å². The van der Waals surface area contributed by atoms with Crippen molar-refractivity contribution < 1.29 is 4.43 Å². The van der Waals surface area contributed by atoms with E-state index in [2.05, 4.69) is 82.2 Å². The Kier molecular flexibility index (Phi) is 13.0. The molecule has 0 amide bonds. The van der Waals surface area contributed by atoms with E-state index in [4.69, 9.17) is 4.43 Å². The zero-order valence-corrected chi connectivity index (χ0v) is 20.7. The highest BCUT2D eigenvalue weighted by atomic mass is 28.3. The Bertz CT molecular complexity index is 479. The van der Waals surface area contributed by atoms with Crippen molar-refractivity contribution in [2.75, 3.05) is 47.9 Å². The number of aryl methyl sites for hydroxylation is 1. The summed E-state index contributed by atoms with van der Waals surface area (Å²) in [5.41, 5.74) is 1.88. The zero-order valence-electron chi connectivity index (χ0n) is 19.5. The van der Waals surface area contributed by atoms with Crippen molar-refractivity contribution in [3.8, 4) is 0 Å². The van der Waals surface area contributed by atoms with E-state index < -0.39 is 9.04 Å². The summed E-state index contributed by atoms with van der Waals surface area (Å²) in [6, 6.07) is 13.5. The number of benzene rings is 1. The van der Waals surface area contributed by atoms with E-state index in [1.807, 2.05) is 0 Å². The molecule has 0 heterocycles. The molecular formula is C24H46N2OSi. The van der Waals surface area contributed by atoms with Crippen molar-refractivity contribution in [1.29, 1.82) is 0 Å². The maximum absolute atomic E-state index is 6.48. The first kappa shape index (κ1) is 25.4. The minimum atomic E-state index is -1.21. The summed E-state index contributed by atoms with van der Waals surface area (Å²) in [4.78, 5) is 4.64. The fourth-order valence-electron chi connectivity index (χ4n) is 4.02. The lowest BCUT2D eigenvalue weighted by molar-refractivity contribution is 0.236. The van der Waals surface area contributed by atoms with Gasteiger partial charge in [0.05, 0.1) is 0 Å². The Hall–Kier alpha value is -0.683. The quantitative estimate of drug-likeness (QED) is 0.356. The van der Waals surface area contributed by atoms with E-state index in [-0.39, 0.29) is 0 Å². The minimum Gasteiger partial charge on any atom is -0.420 e. The highest BCUT2D eigenvalue weighted by molar-refractivity contribution is 6.52. The minimum absolute atomic E-state index is 0.424. The van der Waals surface area contributed by atoms with Crippen LogP contribution >= 0.6 is 0 Å². The molecule has 1 rings (SSSR count). The predicted octanol–water partition coefficient (Wildman–Crippen LogP) is 5.07. The molecule has 3 nitrogen and oxygen atoms in total. The molecule has 0 aliphatic rings. The highest BCUT2D eigenvalue weighted by Gasteiger charge is 2.29. The van der Waals surface area contributed by atoms with E-state index in [0.29, 0.717) is 5.41 Å². The van der Waals surface area contributed by atoms with E-state index >= 15 is 0 Å². The Balaban J connectivity index is 2.71. The van der Waals surface area contributed by atoms with Crippen LogP contribution in [0.3, 0.4) is 0 Å². The predicted molar refractivity (Wildman–Crippen MR) is 127 cm³/mol. The van der Waals surface area contributed by atoms with Crippen LogP contribution in [0.1, 0.15) is 51.5 Å². The molecule has 0 spiro atoms. The third-order valence-corrected chi connectivity index (χ3v) is 8.73. The molecule has 162 valence electrons. The van der Waals surface area contributed by atoms with Crippen LogP contribution in [0.2, 0.25) is 12.1 Å². The van der Waals surface area contributed by atoms with Gasteiger partial charge in [-0.25, -0.2) is 0 Å². The largest absolute Gasteiger partial charge is 0.420 e. The molecule has 0 aromatic heterocycles. The van der Waals surface area contributed by atoms with Crippen LogP contribution in [-0.4, -0.2) is 66.7 Å². The van der Waals surface area contributed by atoms with Crippen molar-refractivity contribution in [3.05, 3.63) is 35.9 Å². The van der Waals surface area contributed by atoms with Crippen molar-refractivity contribution in [2.45, 2.75) is 64.5 Å². The molecule has 28 heavy (non-hydrogen) atoms. The molecule has 1 aromatic rings. The maximum Gasteiger partial charge on any atom is 0.177 e. The third kappa shape index (κ3) is 12.0. The molecule has 0 bridgehead atoms. The molecule has 1 aromatic carbocycles. The molecule has 4 heteroatoms. The van der Waals surface area contributed by atoms with Gasteiger partial charge in [0.25, 0.3) is 0 Å². The van der Waals surface area contributed by atoms with Gasteiger partial charge in [-0.1, -0.05) is 44.2 Å². The number of nitrogens with zero attached hydrogens (tertiary/aromatic N) is 2. The van der Waals surface area contributed by atoms with Crippen molar-refractivity contribution in [2.24, 2.45) is 5.41 Å². The normalized spacial score (nSPS) is 13.4. The Morgan fingerprint density at radius 1 is 0.929 bits per heavy atom. The lowest BCUT2D eigenvalue weighted by Gasteiger charge is -2.34. The Morgan fingerprint density at radius 3 is 2.00 bits per heavy atom. The van der Waals surface area contributed by atoms with Crippen LogP contribution in [0, 0.1) is 5.41 Å². The summed E-state index contributed by atoms with van der Waals surface area (Å²) in [5.74, 6) is 0. The average molecular weight is 407 g/mol. The van der Waals surface area contributed by atoms with Crippen LogP contribution in [0.15, 0.2) is 30.3 Å². The number of hydrogen-bond donors (Lipinski definition) is 0. The lowest BCUT2D eigenvalue weighted by Crippen LogP contribution is -2.31. The first-order valence-corrected chi connectivity index (χ1v) is 13.4. The molecule has 1 unspecified atom stereocenters. The standard InChI is InChI=1S/C24H46N2OSi/c1-7-20-27-28(21-15-23-13-9-8-10-14-23)22-24(2,16-11-18-25(3)4)17-12-19-26(5)6/h8-10,13-14,28H,7,11-12,15-22H2,1-6H3. The van der Waals surface area contributed by atoms with E-state index in [1.54, 1.807) is 0 Å². The number of hydrogen-bond acceptors (Lipinski definition) is 3. The second-order valence-corrected chi connectivity index (χ2v) is 11.9. The van der Waals surface area contributed by atoms with Crippen LogP contribution in [-0.2, 0) is 10.8 Å². The smallest absolute Gasteiger partial charge is 0.177 e. The Morgan fingerprint density at radius 2 is 1.50 bits per heavy atom. The summed E-state index contributed by atoms with van der Waals surface area (Å²) in [5, 5.41) is 0. The summed E-state index contributed by atoms with van der Waals surface area (Å²) >= 11 is 0. The van der Waals surface area contributed by atoms with Gasteiger partial charge >= 0.3 is 0 Å². The van der Waals surface area contributed by atoms with Crippen molar-refractivity contribution >= 4 is 9.04 Å². The first-order chi connectivity index (χ1) is 13.3. The molecule has 1 atom stereocenters. The third-order valence-electron chi connectivity index (χ3n) is 5.65. The summed E-state index contributed by atoms with van der Waals surface area (Å²) in [6.45, 7) is 8.09. The van der Waals surface area contributed by atoms with Gasteiger partial charge in [-0.3, -0.25) is 0 Å². The Labute approximate surface area is 177 Å². The molecular weight excluding hydrogens is 360 g/mol. The van der Waals surface area contributed by atoms with Gasteiger partial charge in [-0.15, -0.1) is 0 Å². The van der Waals surface area contributed by atoms with Gasteiger partial charge in [-0.2, -0.15) is 0 Å². The summed E-state index contributed by atoms with van der Waals surface area (Å²) < 4.78 is 6.48. The molecule has 0 fully saturated rings. The second-order valence-electron chi connectivity index (χ2n) is 9.35. The van der Waals surface area contributed by atoms with Gasteiger partial charge in [-0.05, 0) is 103 Å². The van der Waals surface area contributed by atoms with E-state index in [0.717, 1.165) is 13.0 Å². The topological polar surface area (TPSA) is 15.7 Å². The van der Waals surface area contributed by atoms with Gasteiger partial charge in [0.15, 0.2) is 9.04 Å². The molecule has 0 radical (unpaired) electrons. The van der Waals surface area contributed by atoms with E-state index in [1.165, 1.54) is 62.8 Å². The van der Waals surface area contributed by atoms with Crippen LogP contribution in [0.5, 0.6) is 0 Å². The monoisotopic (exact) mass is 406 g/mol. The SMILES string of the molecule is CCCO[SiH](CCc1ccccc1)CC(C)(CCCN(C)C)CCCN(C)C. The van der Waals surface area contributed by atoms with Crippen molar-refractivity contribution in [3.63, 3.8) is 0 Å². The molecule has 0 N–H and O–H groups in total. The lowest BCUT2D eigenvalue weighted by atomic mass is 9.82. The summed E-state index contributed by atoms with van der Waals surface area (Å²) in [6.07, 6.45) is 7.53. The van der Waals surface area contributed by atoms with Crippen LogP contribution in [0.25, 0.3) is 0 Å². The molecule has 0 saturated heterocycles. The number of rotatable bonds is 16. The molecule has 0 saturated carbocycles. The fourth-order valence-corrected chi connectivity index (χ4v) is 7.24. The van der Waals surface area contributed by atoms with Crippen LogP contribution in [0.4, 0.5) is 0 Å². The molecule has 0 aliphatic heterocycles. The average Bonchev–Trinajstić information content (AvgIpc) is 2.64. The first-order valence-electron chi connectivity index (χ1n) is 11.3. The molecule has 0 aliphatic carbocycles. The highest BCUT2D eigenvalue weighted by Crippen LogP contribution is 2.36. The van der Waals surface area contributed by atoms with Gasteiger partial charge in [0.2, 0.25) is 0 Å². The second kappa shape index (κ2) is 14.3.